The molecular weight excluding hydrogens is 272 g/mol. The van der Waals surface area contributed by atoms with E-state index < -0.39 is 20.1 Å². The van der Waals surface area contributed by atoms with Crippen molar-refractivity contribution in [2.75, 3.05) is 0 Å². The molecular formula is C13H17ClO3S. The van der Waals surface area contributed by atoms with E-state index in [1.54, 1.807) is 18.2 Å². The summed E-state index contributed by atoms with van der Waals surface area (Å²) in [6.45, 7) is 0. The molecule has 2 rings (SSSR count). The van der Waals surface area contributed by atoms with Crippen LogP contribution in [0.25, 0.3) is 0 Å². The van der Waals surface area contributed by atoms with E-state index in [0.717, 1.165) is 19.3 Å². The Bertz CT molecular complexity index is 492. The van der Waals surface area contributed by atoms with Crippen molar-refractivity contribution in [2.24, 2.45) is 0 Å². The summed E-state index contributed by atoms with van der Waals surface area (Å²) in [5.41, 5.74) is -1.30. The Hall–Kier alpha value is -0.580. The molecule has 0 aromatic heterocycles. The first-order valence-corrected chi connectivity index (χ1v) is 8.10. The van der Waals surface area contributed by atoms with Gasteiger partial charge in [-0.15, -0.1) is 11.6 Å². The SMILES string of the molecule is O=S(=O)(c1ccccc1)C(Cl)C1(O)CCCCC1. The highest BCUT2D eigenvalue weighted by Gasteiger charge is 2.44. The summed E-state index contributed by atoms with van der Waals surface area (Å²) in [7, 11) is -3.68. The second-order valence-electron chi connectivity index (χ2n) is 4.84. The number of hydrogen-bond donors (Lipinski definition) is 1. The molecule has 1 saturated carbocycles. The van der Waals surface area contributed by atoms with Crippen LogP contribution in [0.2, 0.25) is 0 Å². The molecule has 1 fully saturated rings. The molecule has 1 aliphatic carbocycles. The first-order chi connectivity index (χ1) is 8.47. The van der Waals surface area contributed by atoms with E-state index in [1.165, 1.54) is 12.1 Å². The van der Waals surface area contributed by atoms with Crippen molar-refractivity contribution in [3.05, 3.63) is 30.3 Å². The molecule has 1 atom stereocenters. The number of halogens is 1. The monoisotopic (exact) mass is 288 g/mol. The Morgan fingerprint density at radius 3 is 2.22 bits per heavy atom. The number of aliphatic hydroxyl groups is 1. The van der Waals surface area contributed by atoms with Crippen molar-refractivity contribution in [1.82, 2.24) is 0 Å². The molecule has 1 aromatic carbocycles. The zero-order valence-electron chi connectivity index (χ0n) is 10.0. The first kappa shape index (κ1) is 13.8. The molecule has 1 aromatic rings. The average molecular weight is 289 g/mol. The number of rotatable bonds is 3. The van der Waals surface area contributed by atoms with E-state index in [2.05, 4.69) is 0 Å². The minimum Gasteiger partial charge on any atom is -0.387 e. The lowest BCUT2D eigenvalue weighted by atomic mass is 9.86. The molecule has 1 unspecified atom stereocenters. The minimum atomic E-state index is -3.68. The van der Waals surface area contributed by atoms with Crippen molar-refractivity contribution < 1.29 is 13.5 Å². The number of hydrogen-bond acceptors (Lipinski definition) is 3. The second-order valence-corrected chi connectivity index (χ2v) is 7.57. The van der Waals surface area contributed by atoms with Gasteiger partial charge in [0.1, 0.15) is 0 Å². The van der Waals surface area contributed by atoms with Crippen LogP contribution < -0.4 is 0 Å². The standard InChI is InChI=1S/C13H17ClO3S/c14-12(13(15)9-5-2-6-10-13)18(16,17)11-7-3-1-4-8-11/h1,3-4,7-8,12,15H,2,5-6,9-10H2. The molecule has 0 radical (unpaired) electrons. The van der Waals surface area contributed by atoms with Crippen molar-refractivity contribution in [2.45, 2.75) is 47.3 Å². The fraction of sp³-hybridized carbons (Fsp3) is 0.538. The fourth-order valence-electron chi connectivity index (χ4n) is 2.41. The van der Waals surface area contributed by atoms with Crippen molar-refractivity contribution in [1.29, 1.82) is 0 Å². The molecule has 3 nitrogen and oxygen atoms in total. The maximum Gasteiger partial charge on any atom is 0.198 e. The summed E-state index contributed by atoms with van der Waals surface area (Å²) < 4.78 is 23.4. The normalized spacial score (nSPS) is 21.4. The van der Waals surface area contributed by atoms with Gasteiger partial charge in [0.2, 0.25) is 0 Å². The summed E-state index contributed by atoms with van der Waals surface area (Å²) in [5, 5.41) is 10.4. The Kier molecular flexibility index (Phi) is 3.99. The van der Waals surface area contributed by atoms with Gasteiger partial charge in [-0.1, -0.05) is 37.5 Å². The third-order valence-corrected chi connectivity index (χ3v) is 6.51. The zero-order chi connectivity index (χ0) is 13.2. The van der Waals surface area contributed by atoms with Crippen LogP contribution in [0.3, 0.4) is 0 Å². The molecule has 0 amide bonds. The number of alkyl halides is 1. The van der Waals surface area contributed by atoms with Crippen molar-refractivity contribution in [3.63, 3.8) is 0 Å². The summed E-state index contributed by atoms with van der Waals surface area (Å²) >= 11 is 6.09. The number of benzene rings is 1. The van der Waals surface area contributed by atoms with Gasteiger partial charge in [0, 0.05) is 0 Å². The van der Waals surface area contributed by atoms with E-state index in [4.69, 9.17) is 11.6 Å². The van der Waals surface area contributed by atoms with Gasteiger partial charge >= 0.3 is 0 Å². The van der Waals surface area contributed by atoms with Crippen LogP contribution in [0.15, 0.2) is 35.2 Å². The predicted octanol–water partition coefficient (Wildman–Crippen LogP) is 2.72. The number of sulfone groups is 1. The van der Waals surface area contributed by atoms with Crippen molar-refractivity contribution >= 4 is 21.4 Å². The Morgan fingerprint density at radius 1 is 1.11 bits per heavy atom. The van der Waals surface area contributed by atoms with Gasteiger partial charge in [-0.2, -0.15) is 0 Å². The molecule has 0 bridgehead atoms. The molecule has 1 aliphatic rings. The second kappa shape index (κ2) is 5.19. The molecule has 0 saturated heterocycles. The molecule has 18 heavy (non-hydrogen) atoms. The smallest absolute Gasteiger partial charge is 0.198 e. The van der Waals surface area contributed by atoms with Gasteiger partial charge in [-0.05, 0) is 25.0 Å². The summed E-state index contributed by atoms with van der Waals surface area (Å²) in [6.07, 6.45) is 3.58. The van der Waals surface area contributed by atoms with Gasteiger partial charge in [0.15, 0.2) is 14.5 Å². The van der Waals surface area contributed by atoms with Crippen LogP contribution >= 0.6 is 11.6 Å². The largest absolute Gasteiger partial charge is 0.387 e. The van der Waals surface area contributed by atoms with E-state index in [0.29, 0.717) is 12.8 Å². The zero-order valence-corrected chi connectivity index (χ0v) is 11.6. The lowest BCUT2D eigenvalue weighted by molar-refractivity contribution is 0.0167. The van der Waals surface area contributed by atoms with Crippen LogP contribution in [0.4, 0.5) is 0 Å². The Labute approximate surface area is 113 Å². The van der Waals surface area contributed by atoms with E-state index in [9.17, 15) is 13.5 Å². The topological polar surface area (TPSA) is 54.4 Å². The lowest BCUT2D eigenvalue weighted by Crippen LogP contribution is -2.45. The maximum absolute atomic E-state index is 12.3. The highest BCUT2D eigenvalue weighted by atomic mass is 35.5. The molecule has 100 valence electrons. The van der Waals surface area contributed by atoms with Crippen LogP contribution in [0, 0.1) is 0 Å². The van der Waals surface area contributed by atoms with E-state index >= 15 is 0 Å². The fourth-order valence-corrected chi connectivity index (χ4v) is 4.52. The first-order valence-electron chi connectivity index (χ1n) is 6.12. The van der Waals surface area contributed by atoms with Crippen LogP contribution in [-0.4, -0.2) is 23.8 Å². The minimum absolute atomic E-state index is 0.170. The summed E-state index contributed by atoms with van der Waals surface area (Å²) in [4.78, 5) is 0.170. The molecule has 5 heteroatoms. The van der Waals surface area contributed by atoms with Gasteiger partial charge in [0.25, 0.3) is 0 Å². The van der Waals surface area contributed by atoms with Crippen molar-refractivity contribution in [3.8, 4) is 0 Å². The van der Waals surface area contributed by atoms with Crippen LogP contribution in [0.5, 0.6) is 0 Å². The lowest BCUT2D eigenvalue weighted by Gasteiger charge is -2.35. The average Bonchev–Trinajstić information content (AvgIpc) is 2.40. The van der Waals surface area contributed by atoms with Crippen LogP contribution in [-0.2, 0) is 9.84 Å². The molecule has 1 N–H and O–H groups in total. The highest BCUT2D eigenvalue weighted by Crippen LogP contribution is 2.38. The highest BCUT2D eigenvalue weighted by molar-refractivity contribution is 7.93. The molecule has 0 spiro atoms. The van der Waals surface area contributed by atoms with Gasteiger partial charge < -0.3 is 5.11 Å². The van der Waals surface area contributed by atoms with Gasteiger partial charge in [0.05, 0.1) is 10.5 Å². The summed E-state index contributed by atoms with van der Waals surface area (Å²) in [6, 6.07) is 8.08. The predicted molar refractivity (Wildman–Crippen MR) is 71.3 cm³/mol. The van der Waals surface area contributed by atoms with Gasteiger partial charge in [-0.25, -0.2) is 8.42 Å². The Balaban J connectivity index is 2.30. The molecule has 0 aliphatic heterocycles. The molecule has 0 heterocycles. The Morgan fingerprint density at radius 2 is 1.67 bits per heavy atom. The third-order valence-electron chi connectivity index (χ3n) is 3.49. The van der Waals surface area contributed by atoms with E-state index in [1.807, 2.05) is 0 Å². The quantitative estimate of drug-likeness (QED) is 0.870. The third kappa shape index (κ3) is 2.56. The van der Waals surface area contributed by atoms with Gasteiger partial charge in [-0.3, -0.25) is 0 Å². The van der Waals surface area contributed by atoms with Crippen LogP contribution in [0.1, 0.15) is 32.1 Å². The summed E-state index contributed by atoms with van der Waals surface area (Å²) in [5.74, 6) is 0. The maximum atomic E-state index is 12.3. The van der Waals surface area contributed by atoms with E-state index in [-0.39, 0.29) is 4.90 Å².